The van der Waals surface area contributed by atoms with Crippen molar-refractivity contribution >= 4 is 5.91 Å². The molecule has 1 aromatic carbocycles. The van der Waals surface area contributed by atoms with Crippen molar-refractivity contribution in [2.45, 2.75) is 51.1 Å². The summed E-state index contributed by atoms with van der Waals surface area (Å²) in [6, 6.07) is 10.5. The van der Waals surface area contributed by atoms with Crippen LogP contribution in [0.4, 0.5) is 0 Å². The number of amides is 1. The normalized spacial score (nSPS) is 21.6. The summed E-state index contributed by atoms with van der Waals surface area (Å²) in [5.74, 6) is 0.244. The lowest BCUT2D eigenvalue weighted by molar-refractivity contribution is -0.134. The summed E-state index contributed by atoms with van der Waals surface area (Å²) < 4.78 is 0. The van der Waals surface area contributed by atoms with Gasteiger partial charge in [0.1, 0.15) is 0 Å². The number of nitrogens with two attached hydrogens (primary N) is 1. The molecule has 3 nitrogen and oxygen atoms in total. The molecule has 0 bridgehead atoms. The smallest absolute Gasteiger partial charge is 0.223 e. The molecule has 0 saturated carbocycles. The fourth-order valence-corrected chi connectivity index (χ4v) is 2.96. The van der Waals surface area contributed by atoms with Gasteiger partial charge in [0.2, 0.25) is 5.91 Å². The highest BCUT2D eigenvalue weighted by atomic mass is 16.2. The SMILES string of the molecule is CC1(C)CC(N)CN1C(=O)CCCc1ccccc1. The summed E-state index contributed by atoms with van der Waals surface area (Å²) in [6.45, 7) is 4.92. The molecule has 1 aliphatic rings. The summed E-state index contributed by atoms with van der Waals surface area (Å²) in [5, 5.41) is 0. The molecule has 19 heavy (non-hydrogen) atoms. The highest BCUT2D eigenvalue weighted by Gasteiger charge is 2.39. The highest BCUT2D eigenvalue weighted by Crippen LogP contribution is 2.28. The maximum absolute atomic E-state index is 12.3. The van der Waals surface area contributed by atoms with Gasteiger partial charge in [0.15, 0.2) is 0 Å². The Morgan fingerprint density at radius 1 is 1.37 bits per heavy atom. The number of likely N-dealkylation sites (tertiary alicyclic amines) is 1. The van der Waals surface area contributed by atoms with Gasteiger partial charge < -0.3 is 10.6 Å². The van der Waals surface area contributed by atoms with E-state index in [2.05, 4.69) is 26.0 Å². The van der Waals surface area contributed by atoms with E-state index in [1.54, 1.807) is 0 Å². The Bertz CT molecular complexity index is 428. The van der Waals surface area contributed by atoms with Gasteiger partial charge >= 0.3 is 0 Å². The molecule has 1 aliphatic heterocycles. The van der Waals surface area contributed by atoms with E-state index in [0.29, 0.717) is 13.0 Å². The third-order valence-electron chi connectivity index (χ3n) is 3.91. The first kappa shape index (κ1) is 14.1. The Morgan fingerprint density at radius 2 is 2.05 bits per heavy atom. The van der Waals surface area contributed by atoms with E-state index in [1.807, 2.05) is 23.1 Å². The predicted molar refractivity (Wildman–Crippen MR) is 77.8 cm³/mol. The lowest BCUT2D eigenvalue weighted by Crippen LogP contribution is -2.42. The molecule has 0 aromatic heterocycles. The van der Waals surface area contributed by atoms with Crippen LogP contribution in [0.15, 0.2) is 30.3 Å². The van der Waals surface area contributed by atoms with Crippen molar-refractivity contribution in [3.8, 4) is 0 Å². The highest BCUT2D eigenvalue weighted by molar-refractivity contribution is 5.77. The van der Waals surface area contributed by atoms with Gasteiger partial charge in [-0.05, 0) is 38.7 Å². The molecule has 1 aromatic rings. The average molecular weight is 260 g/mol. The number of hydrogen-bond acceptors (Lipinski definition) is 2. The number of hydrogen-bond donors (Lipinski definition) is 1. The van der Waals surface area contributed by atoms with Crippen molar-refractivity contribution in [1.82, 2.24) is 4.90 Å². The molecule has 1 amide bonds. The number of nitrogens with zero attached hydrogens (tertiary/aromatic N) is 1. The fraction of sp³-hybridized carbons (Fsp3) is 0.562. The molecule has 0 radical (unpaired) electrons. The van der Waals surface area contributed by atoms with Crippen molar-refractivity contribution in [1.29, 1.82) is 0 Å². The van der Waals surface area contributed by atoms with Crippen LogP contribution in [-0.2, 0) is 11.2 Å². The van der Waals surface area contributed by atoms with E-state index in [4.69, 9.17) is 5.73 Å². The Morgan fingerprint density at radius 3 is 2.63 bits per heavy atom. The summed E-state index contributed by atoms with van der Waals surface area (Å²) in [6.07, 6.45) is 3.39. The molecule has 0 spiro atoms. The Kier molecular flexibility index (Phi) is 4.25. The maximum Gasteiger partial charge on any atom is 0.223 e. The number of aryl methyl sites for hydroxylation is 1. The van der Waals surface area contributed by atoms with Gasteiger partial charge in [-0.3, -0.25) is 4.79 Å². The second-order valence-electron chi connectivity index (χ2n) is 6.12. The molecule has 104 valence electrons. The minimum Gasteiger partial charge on any atom is -0.336 e. The molecule has 1 fully saturated rings. The molecule has 3 heteroatoms. The van der Waals surface area contributed by atoms with Crippen molar-refractivity contribution in [3.63, 3.8) is 0 Å². The van der Waals surface area contributed by atoms with Crippen LogP contribution in [0.2, 0.25) is 0 Å². The summed E-state index contributed by atoms with van der Waals surface area (Å²) in [4.78, 5) is 14.2. The maximum atomic E-state index is 12.3. The topological polar surface area (TPSA) is 46.3 Å². The van der Waals surface area contributed by atoms with Crippen molar-refractivity contribution < 1.29 is 4.79 Å². The molecule has 2 rings (SSSR count). The predicted octanol–water partition coefficient (Wildman–Crippen LogP) is 2.35. The van der Waals surface area contributed by atoms with Gasteiger partial charge in [-0.25, -0.2) is 0 Å². The first-order chi connectivity index (χ1) is 8.99. The van der Waals surface area contributed by atoms with Gasteiger partial charge in [-0.15, -0.1) is 0 Å². The van der Waals surface area contributed by atoms with E-state index in [9.17, 15) is 4.79 Å². The number of carbonyl (C=O) groups is 1. The van der Waals surface area contributed by atoms with Crippen LogP contribution in [0, 0.1) is 0 Å². The number of benzene rings is 1. The van der Waals surface area contributed by atoms with Crippen LogP contribution in [0.25, 0.3) is 0 Å². The van der Waals surface area contributed by atoms with Crippen LogP contribution < -0.4 is 5.73 Å². The van der Waals surface area contributed by atoms with Crippen LogP contribution in [0.1, 0.15) is 38.7 Å². The van der Waals surface area contributed by atoms with Gasteiger partial charge in [-0.2, -0.15) is 0 Å². The molecule has 1 saturated heterocycles. The number of rotatable bonds is 4. The Labute approximate surface area is 115 Å². The van der Waals surface area contributed by atoms with Crippen LogP contribution in [0.5, 0.6) is 0 Å². The molecule has 1 atom stereocenters. The monoisotopic (exact) mass is 260 g/mol. The van der Waals surface area contributed by atoms with E-state index in [-0.39, 0.29) is 17.5 Å². The fourth-order valence-electron chi connectivity index (χ4n) is 2.96. The third kappa shape index (κ3) is 3.57. The minimum atomic E-state index is -0.0801. The lowest BCUT2D eigenvalue weighted by atomic mass is 10.00. The standard InChI is InChI=1S/C16H24N2O/c1-16(2)11-14(17)12-18(16)15(19)10-6-9-13-7-4-3-5-8-13/h3-5,7-8,14H,6,9-12,17H2,1-2H3. The van der Waals surface area contributed by atoms with Crippen molar-refractivity contribution in [3.05, 3.63) is 35.9 Å². The van der Waals surface area contributed by atoms with E-state index in [0.717, 1.165) is 19.3 Å². The summed E-state index contributed by atoms with van der Waals surface area (Å²) >= 11 is 0. The van der Waals surface area contributed by atoms with Gasteiger partial charge in [0.25, 0.3) is 0 Å². The zero-order valence-electron chi connectivity index (χ0n) is 11.9. The third-order valence-corrected chi connectivity index (χ3v) is 3.91. The van der Waals surface area contributed by atoms with Crippen molar-refractivity contribution in [2.75, 3.05) is 6.54 Å². The Hall–Kier alpha value is -1.35. The zero-order valence-corrected chi connectivity index (χ0v) is 11.9. The number of carbonyl (C=O) groups excluding carboxylic acids is 1. The lowest BCUT2D eigenvalue weighted by Gasteiger charge is -2.31. The molecule has 1 heterocycles. The summed E-state index contributed by atoms with van der Waals surface area (Å²) in [5.41, 5.74) is 7.18. The second kappa shape index (κ2) is 5.74. The minimum absolute atomic E-state index is 0.0801. The van der Waals surface area contributed by atoms with Gasteiger partial charge in [0.05, 0.1) is 0 Å². The van der Waals surface area contributed by atoms with Crippen LogP contribution in [0.3, 0.4) is 0 Å². The first-order valence-electron chi connectivity index (χ1n) is 7.09. The summed E-state index contributed by atoms with van der Waals surface area (Å²) in [7, 11) is 0. The molecule has 2 N–H and O–H groups in total. The van der Waals surface area contributed by atoms with E-state index < -0.39 is 0 Å². The molecule has 1 unspecified atom stereocenters. The first-order valence-corrected chi connectivity index (χ1v) is 7.09. The van der Waals surface area contributed by atoms with Crippen molar-refractivity contribution in [2.24, 2.45) is 5.73 Å². The quantitative estimate of drug-likeness (QED) is 0.903. The van der Waals surface area contributed by atoms with Gasteiger partial charge in [0, 0.05) is 24.5 Å². The second-order valence-corrected chi connectivity index (χ2v) is 6.12. The largest absolute Gasteiger partial charge is 0.336 e. The average Bonchev–Trinajstić information content (AvgIpc) is 2.64. The van der Waals surface area contributed by atoms with E-state index >= 15 is 0 Å². The van der Waals surface area contributed by atoms with Crippen LogP contribution >= 0.6 is 0 Å². The van der Waals surface area contributed by atoms with Gasteiger partial charge in [-0.1, -0.05) is 30.3 Å². The van der Waals surface area contributed by atoms with Crippen LogP contribution in [-0.4, -0.2) is 28.9 Å². The molecular formula is C16H24N2O. The zero-order chi connectivity index (χ0) is 13.9. The van der Waals surface area contributed by atoms with E-state index in [1.165, 1.54) is 5.56 Å². The molecular weight excluding hydrogens is 236 g/mol. The Balaban J connectivity index is 1.82. The molecule has 0 aliphatic carbocycles.